The minimum Gasteiger partial charge on any atom is -0.390 e. The Balaban J connectivity index is 2.08. The number of halogens is 1. The van der Waals surface area contributed by atoms with Crippen LogP contribution in [0.3, 0.4) is 0 Å². The Hall–Kier alpha value is -0.380. The molecule has 0 bridgehead atoms. The van der Waals surface area contributed by atoms with Crippen molar-refractivity contribution in [1.82, 2.24) is 0 Å². The largest absolute Gasteiger partial charge is 0.390 e. The molecule has 1 unspecified atom stereocenters. The van der Waals surface area contributed by atoms with Crippen molar-refractivity contribution in [3.05, 3.63) is 34.3 Å². The zero-order valence-electron chi connectivity index (χ0n) is 12.7. The van der Waals surface area contributed by atoms with Gasteiger partial charge in [-0.3, -0.25) is 0 Å². The molecule has 3 heteroatoms. The summed E-state index contributed by atoms with van der Waals surface area (Å²) in [6, 6.07) is 8.14. The average Bonchev–Trinajstić information content (AvgIpc) is 2.39. The number of benzene rings is 1. The fourth-order valence-electron chi connectivity index (χ4n) is 3.10. The molecular formula is C17H25BrO2. The van der Waals surface area contributed by atoms with Crippen molar-refractivity contribution in [2.45, 2.75) is 57.7 Å². The number of hydrogen-bond donors (Lipinski definition) is 1. The molecule has 1 aromatic rings. The summed E-state index contributed by atoms with van der Waals surface area (Å²) in [6.45, 7) is 4.60. The van der Waals surface area contributed by atoms with Crippen molar-refractivity contribution in [1.29, 1.82) is 0 Å². The van der Waals surface area contributed by atoms with Gasteiger partial charge in [0, 0.05) is 18.0 Å². The Morgan fingerprint density at radius 1 is 1.25 bits per heavy atom. The molecule has 20 heavy (non-hydrogen) atoms. The Kier molecular flexibility index (Phi) is 4.93. The van der Waals surface area contributed by atoms with Gasteiger partial charge in [0.1, 0.15) is 0 Å². The summed E-state index contributed by atoms with van der Waals surface area (Å²) in [5, 5.41) is 10.7. The van der Waals surface area contributed by atoms with Gasteiger partial charge in [-0.2, -0.15) is 0 Å². The predicted octanol–water partition coefficient (Wildman–Crippen LogP) is 4.34. The molecule has 112 valence electrons. The van der Waals surface area contributed by atoms with Gasteiger partial charge in [-0.15, -0.1) is 0 Å². The number of hydrogen-bond acceptors (Lipinski definition) is 2. The van der Waals surface area contributed by atoms with E-state index in [0.29, 0.717) is 11.8 Å². The summed E-state index contributed by atoms with van der Waals surface area (Å²) in [5.74, 6) is 0. The topological polar surface area (TPSA) is 29.5 Å². The Labute approximate surface area is 130 Å². The predicted molar refractivity (Wildman–Crippen MR) is 85.8 cm³/mol. The molecule has 0 amide bonds. The van der Waals surface area contributed by atoms with Crippen LogP contribution in [-0.4, -0.2) is 23.9 Å². The van der Waals surface area contributed by atoms with Gasteiger partial charge >= 0.3 is 0 Å². The van der Waals surface area contributed by atoms with Crippen LogP contribution >= 0.6 is 15.9 Å². The van der Waals surface area contributed by atoms with Crippen molar-refractivity contribution >= 4 is 15.9 Å². The fraction of sp³-hybridized carbons (Fsp3) is 0.647. The van der Waals surface area contributed by atoms with E-state index in [1.165, 1.54) is 0 Å². The monoisotopic (exact) mass is 340 g/mol. The van der Waals surface area contributed by atoms with Crippen LogP contribution in [0.1, 0.15) is 45.1 Å². The van der Waals surface area contributed by atoms with E-state index in [4.69, 9.17) is 4.74 Å². The highest BCUT2D eigenvalue weighted by molar-refractivity contribution is 9.10. The maximum atomic E-state index is 10.7. The molecule has 1 aliphatic carbocycles. The first-order chi connectivity index (χ1) is 9.37. The first kappa shape index (κ1) is 16.0. The lowest BCUT2D eigenvalue weighted by Crippen LogP contribution is -2.49. The van der Waals surface area contributed by atoms with Crippen LogP contribution in [0, 0.1) is 5.41 Å². The van der Waals surface area contributed by atoms with Crippen molar-refractivity contribution in [3.8, 4) is 0 Å². The van der Waals surface area contributed by atoms with Crippen LogP contribution in [0.4, 0.5) is 0 Å². The van der Waals surface area contributed by atoms with Gasteiger partial charge in [-0.25, -0.2) is 0 Å². The molecule has 1 atom stereocenters. The lowest BCUT2D eigenvalue weighted by atomic mass is 9.68. The summed E-state index contributed by atoms with van der Waals surface area (Å²) >= 11 is 3.48. The average molecular weight is 341 g/mol. The molecule has 1 aromatic carbocycles. The van der Waals surface area contributed by atoms with Gasteiger partial charge in [0.25, 0.3) is 0 Å². The maximum Gasteiger partial charge on any atom is 0.0940 e. The molecule has 2 rings (SSSR count). The first-order valence-electron chi connectivity index (χ1n) is 7.35. The fourth-order valence-corrected chi connectivity index (χ4v) is 3.54. The van der Waals surface area contributed by atoms with E-state index in [1.807, 2.05) is 12.1 Å². The van der Waals surface area contributed by atoms with Crippen molar-refractivity contribution in [2.24, 2.45) is 5.41 Å². The number of rotatable bonds is 4. The molecular weight excluding hydrogens is 316 g/mol. The van der Waals surface area contributed by atoms with Gasteiger partial charge in [0.15, 0.2) is 0 Å². The minimum absolute atomic E-state index is 0.373. The van der Waals surface area contributed by atoms with E-state index < -0.39 is 6.10 Å². The third kappa shape index (κ3) is 3.63. The molecule has 0 heterocycles. The quantitative estimate of drug-likeness (QED) is 0.883. The molecule has 1 aliphatic rings. The highest BCUT2D eigenvalue weighted by Gasteiger charge is 2.43. The number of methoxy groups -OCH3 is 1. The normalized spacial score (nSPS) is 22.4. The Bertz CT molecular complexity index is 446. The van der Waals surface area contributed by atoms with E-state index >= 15 is 0 Å². The summed E-state index contributed by atoms with van der Waals surface area (Å²) in [7, 11) is 1.74. The van der Waals surface area contributed by atoms with Crippen LogP contribution in [0.25, 0.3) is 0 Å². The molecule has 2 nitrogen and oxygen atoms in total. The summed E-state index contributed by atoms with van der Waals surface area (Å²) in [4.78, 5) is 0. The molecule has 0 radical (unpaired) electrons. The summed E-state index contributed by atoms with van der Waals surface area (Å²) < 4.78 is 6.83. The molecule has 1 N–H and O–H groups in total. The van der Waals surface area contributed by atoms with E-state index in [2.05, 4.69) is 41.9 Å². The van der Waals surface area contributed by atoms with Crippen LogP contribution in [-0.2, 0) is 11.2 Å². The standard InChI is InChI=1S/C17H25BrO2/c1-16(2)7-9-17(20-3,10-8-16)15(19)12-13-5-4-6-14(18)11-13/h4-6,11,15,19H,7-10,12H2,1-3H3. The third-order valence-electron chi connectivity index (χ3n) is 4.78. The molecule has 1 fully saturated rings. The van der Waals surface area contributed by atoms with Gasteiger partial charge in [-0.1, -0.05) is 41.9 Å². The Morgan fingerprint density at radius 2 is 1.90 bits per heavy atom. The molecule has 0 spiro atoms. The van der Waals surface area contributed by atoms with Gasteiger partial charge < -0.3 is 9.84 Å². The van der Waals surface area contributed by atoms with E-state index in [1.54, 1.807) is 7.11 Å². The zero-order valence-corrected chi connectivity index (χ0v) is 14.2. The van der Waals surface area contributed by atoms with Crippen molar-refractivity contribution in [3.63, 3.8) is 0 Å². The van der Waals surface area contributed by atoms with Gasteiger partial charge in [0.05, 0.1) is 11.7 Å². The molecule has 1 saturated carbocycles. The van der Waals surface area contributed by atoms with E-state index in [-0.39, 0.29) is 5.60 Å². The maximum absolute atomic E-state index is 10.7. The van der Waals surface area contributed by atoms with Gasteiger partial charge in [-0.05, 0) is 48.8 Å². The third-order valence-corrected chi connectivity index (χ3v) is 5.28. The number of aliphatic hydroxyl groups is 1. The number of aliphatic hydroxyl groups excluding tert-OH is 1. The highest BCUT2D eigenvalue weighted by atomic mass is 79.9. The van der Waals surface area contributed by atoms with E-state index in [9.17, 15) is 5.11 Å². The molecule has 0 saturated heterocycles. The number of ether oxygens (including phenoxy) is 1. The Morgan fingerprint density at radius 3 is 2.45 bits per heavy atom. The van der Waals surface area contributed by atoms with Crippen LogP contribution in [0.15, 0.2) is 28.7 Å². The summed E-state index contributed by atoms with van der Waals surface area (Å²) in [5.41, 5.74) is 1.14. The highest BCUT2D eigenvalue weighted by Crippen LogP contribution is 2.43. The lowest BCUT2D eigenvalue weighted by molar-refractivity contribution is -0.135. The zero-order chi connectivity index (χ0) is 14.8. The SMILES string of the molecule is COC1(C(O)Cc2cccc(Br)c2)CCC(C)(C)CC1. The second-order valence-electron chi connectivity index (χ2n) is 6.78. The van der Waals surface area contributed by atoms with Crippen molar-refractivity contribution < 1.29 is 9.84 Å². The second kappa shape index (κ2) is 6.17. The second-order valence-corrected chi connectivity index (χ2v) is 7.70. The van der Waals surface area contributed by atoms with Gasteiger partial charge in [0.2, 0.25) is 0 Å². The van der Waals surface area contributed by atoms with E-state index in [0.717, 1.165) is 35.7 Å². The van der Waals surface area contributed by atoms with Crippen LogP contribution in [0.5, 0.6) is 0 Å². The summed E-state index contributed by atoms with van der Waals surface area (Å²) in [6.07, 6.45) is 4.29. The van der Waals surface area contributed by atoms with Crippen molar-refractivity contribution in [2.75, 3.05) is 7.11 Å². The molecule has 0 aliphatic heterocycles. The molecule has 0 aromatic heterocycles. The smallest absolute Gasteiger partial charge is 0.0940 e. The first-order valence-corrected chi connectivity index (χ1v) is 8.14. The minimum atomic E-state index is -0.446. The van der Waals surface area contributed by atoms with Crippen LogP contribution in [0.2, 0.25) is 0 Å². The van der Waals surface area contributed by atoms with Crippen LogP contribution < -0.4 is 0 Å². The lowest BCUT2D eigenvalue weighted by Gasteiger charge is -2.45.